The van der Waals surface area contributed by atoms with Crippen molar-refractivity contribution in [2.24, 2.45) is 0 Å². The second-order valence-electron chi connectivity index (χ2n) is 5.72. The summed E-state index contributed by atoms with van der Waals surface area (Å²) in [6, 6.07) is 1.19. The predicted octanol–water partition coefficient (Wildman–Crippen LogP) is 1.79. The third kappa shape index (κ3) is 6.59. The van der Waals surface area contributed by atoms with E-state index in [2.05, 4.69) is 43.2 Å². The van der Waals surface area contributed by atoms with Gasteiger partial charge in [-0.2, -0.15) is 0 Å². The molecule has 0 aromatic carbocycles. The lowest BCUT2D eigenvalue weighted by molar-refractivity contribution is -0.122. The number of carbonyl (C=O) groups excluding carboxylic acids is 1. The van der Waals surface area contributed by atoms with Gasteiger partial charge in [-0.3, -0.25) is 9.69 Å². The van der Waals surface area contributed by atoms with Crippen molar-refractivity contribution in [2.45, 2.75) is 65.1 Å². The largest absolute Gasteiger partial charge is 0.355 e. The first-order chi connectivity index (χ1) is 8.52. The Morgan fingerprint density at radius 1 is 1.32 bits per heavy atom. The van der Waals surface area contributed by atoms with Crippen molar-refractivity contribution in [1.82, 2.24) is 15.5 Å². The van der Waals surface area contributed by atoms with E-state index in [1.165, 1.54) is 0 Å². The van der Waals surface area contributed by atoms with E-state index in [1.807, 2.05) is 0 Å². The van der Waals surface area contributed by atoms with Crippen LogP contribution in [0.4, 0.5) is 0 Å². The van der Waals surface area contributed by atoms with Gasteiger partial charge < -0.3 is 10.6 Å². The Morgan fingerprint density at radius 3 is 2.42 bits per heavy atom. The fourth-order valence-electron chi connectivity index (χ4n) is 2.62. The number of hydrogen-bond donors (Lipinski definition) is 2. The topological polar surface area (TPSA) is 44.4 Å². The summed E-state index contributed by atoms with van der Waals surface area (Å²) in [6.07, 6.45) is 3.12. The average Bonchev–Trinajstić information content (AvgIpc) is 2.80. The van der Waals surface area contributed by atoms with E-state index in [1.54, 1.807) is 0 Å². The summed E-state index contributed by atoms with van der Waals surface area (Å²) in [5.41, 5.74) is 0. The molecule has 1 heterocycles. The summed E-state index contributed by atoms with van der Waals surface area (Å²) in [7, 11) is 0. The van der Waals surface area contributed by atoms with Crippen molar-refractivity contribution in [3.63, 3.8) is 0 Å². The maximum atomic E-state index is 11.8. The second kappa shape index (κ2) is 9.56. The van der Waals surface area contributed by atoms with Crippen LogP contribution >= 0.6 is 12.4 Å². The zero-order valence-electron chi connectivity index (χ0n) is 12.7. The molecule has 0 aliphatic carbocycles. The molecule has 0 bridgehead atoms. The Bertz CT molecular complexity index is 245. The van der Waals surface area contributed by atoms with Crippen molar-refractivity contribution in [3.8, 4) is 0 Å². The number of nitrogens with zero attached hydrogens (tertiary/aromatic N) is 1. The highest BCUT2D eigenvalue weighted by Crippen LogP contribution is 2.06. The molecule has 2 N–H and O–H groups in total. The minimum Gasteiger partial charge on any atom is -0.355 e. The van der Waals surface area contributed by atoms with Crippen molar-refractivity contribution in [1.29, 1.82) is 0 Å². The van der Waals surface area contributed by atoms with Gasteiger partial charge >= 0.3 is 0 Å². The summed E-state index contributed by atoms with van der Waals surface area (Å²) < 4.78 is 0. The molecule has 1 unspecified atom stereocenters. The molecule has 0 aromatic rings. The molecule has 1 aliphatic heterocycles. The van der Waals surface area contributed by atoms with Crippen molar-refractivity contribution in [3.05, 3.63) is 0 Å². The van der Waals surface area contributed by atoms with E-state index < -0.39 is 0 Å². The quantitative estimate of drug-likeness (QED) is 0.703. The molecule has 1 amide bonds. The van der Waals surface area contributed by atoms with E-state index >= 15 is 0 Å². The normalized spacial score (nSPS) is 19.0. The van der Waals surface area contributed by atoms with Gasteiger partial charge in [0.05, 0.1) is 6.04 Å². The average molecular weight is 292 g/mol. The lowest BCUT2D eigenvalue weighted by atomic mass is 10.2. The minimum absolute atomic E-state index is 0. The van der Waals surface area contributed by atoms with Gasteiger partial charge in [0.15, 0.2) is 0 Å². The monoisotopic (exact) mass is 291 g/mol. The summed E-state index contributed by atoms with van der Waals surface area (Å²) in [4.78, 5) is 14.2. The van der Waals surface area contributed by atoms with Crippen LogP contribution in [0.2, 0.25) is 0 Å². The van der Waals surface area contributed by atoms with Crippen LogP contribution in [-0.4, -0.2) is 48.6 Å². The third-order valence-electron chi connectivity index (χ3n) is 3.60. The van der Waals surface area contributed by atoms with Crippen LogP contribution in [-0.2, 0) is 4.79 Å². The Morgan fingerprint density at radius 2 is 1.95 bits per heavy atom. The molecule has 0 aromatic heterocycles. The number of carbonyl (C=O) groups is 1. The highest BCUT2D eigenvalue weighted by atomic mass is 35.5. The maximum Gasteiger partial charge on any atom is 0.237 e. The van der Waals surface area contributed by atoms with E-state index in [4.69, 9.17) is 0 Å². The van der Waals surface area contributed by atoms with Gasteiger partial charge in [-0.25, -0.2) is 0 Å². The summed E-state index contributed by atoms with van der Waals surface area (Å²) in [5, 5.41) is 6.25. The Labute approximate surface area is 124 Å². The van der Waals surface area contributed by atoms with Crippen LogP contribution in [0, 0.1) is 0 Å². The minimum atomic E-state index is 0. The zero-order valence-corrected chi connectivity index (χ0v) is 13.6. The SMILES string of the molecule is CC(C)N(CCCNC(=O)C1CCCN1)C(C)C.Cl. The standard InChI is InChI=1S/C14H29N3O.ClH/c1-11(2)17(12(3)4)10-6-9-16-14(18)13-7-5-8-15-13;/h11-13,15H,5-10H2,1-4H3,(H,16,18);1H. The third-order valence-corrected chi connectivity index (χ3v) is 3.60. The molecule has 4 nitrogen and oxygen atoms in total. The fourth-order valence-corrected chi connectivity index (χ4v) is 2.62. The van der Waals surface area contributed by atoms with E-state index in [0.29, 0.717) is 12.1 Å². The van der Waals surface area contributed by atoms with Gasteiger partial charge in [0.2, 0.25) is 5.91 Å². The van der Waals surface area contributed by atoms with Crippen molar-refractivity contribution >= 4 is 18.3 Å². The van der Waals surface area contributed by atoms with Crippen LogP contribution in [0.5, 0.6) is 0 Å². The van der Waals surface area contributed by atoms with Gasteiger partial charge in [0.1, 0.15) is 0 Å². The molecular formula is C14H30ClN3O. The Balaban J connectivity index is 0.00000324. The molecule has 1 fully saturated rings. The molecule has 19 heavy (non-hydrogen) atoms. The number of amides is 1. The molecule has 1 saturated heterocycles. The van der Waals surface area contributed by atoms with Gasteiger partial charge in [-0.15, -0.1) is 12.4 Å². The first kappa shape index (κ1) is 18.7. The van der Waals surface area contributed by atoms with Crippen LogP contribution in [0.3, 0.4) is 0 Å². The van der Waals surface area contributed by atoms with Gasteiger partial charge in [-0.1, -0.05) is 0 Å². The van der Waals surface area contributed by atoms with Gasteiger partial charge in [0, 0.05) is 25.2 Å². The van der Waals surface area contributed by atoms with Crippen LogP contribution in [0.25, 0.3) is 0 Å². The van der Waals surface area contributed by atoms with Crippen LogP contribution in [0.15, 0.2) is 0 Å². The molecule has 114 valence electrons. The van der Waals surface area contributed by atoms with Gasteiger partial charge in [0.25, 0.3) is 0 Å². The predicted molar refractivity (Wildman–Crippen MR) is 82.9 cm³/mol. The molecule has 0 spiro atoms. The molecule has 0 saturated carbocycles. The second-order valence-corrected chi connectivity index (χ2v) is 5.72. The first-order valence-corrected chi connectivity index (χ1v) is 7.29. The van der Waals surface area contributed by atoms with E-state index in [9.17, 15) is 4.79 Å². The smallest absolute Gasteiger partial charge is 0.237 e. The zero-order chi connectivity index (χ0) is 13.5. The first-order valence-electron chi connectivity index (χ1n) is 7.29. The Kier molecular flexibility index (Phi) is 9.40. The summed E-state index contributed by atoms with van der Waals surface area (Å²) >= 11 is 0. The molecular weight excluding hydrogens is 262 g/mol. The van der Waals surface area contributed by atoms with Gasteiger partial charge in [-0.05, 0) is 53.5 Å². The molecule has 1 rings (SSSR count). The number of rotatable bonds is 7. The maximum absolute atomic E-state index is 11.8. The summed E-state index contributed by atoms with van der Waals surface area (Å²) in [6.45, 7) is 11.7. The molecule has 5 heteroatoms. The molecule has 1 aliphatic rings. The fraction of sp³-hybridized carbons (Fsp3) is 0.929. The van der Waals surface area contributed by atoms with E-state index in [0.717, 1.165) is 38.9 Å². The number of halogens is 1. The lowest BCUT2D eigenvalue weighted by Gasteiger charge is -2.30. The number of nitrogens with one attached hydrogen (secondary N) is 2. The highest BCUT2D eigenvalue weighted by molar-refractivity contribution is 5.85. The van der Waals surface area contributed by atoms with E-state index in [-0.39, 0.29) is 24.4 Å². The molecule has 0 radical (unpaired) electrons. The molecule has 1 atom stereocenters. The van der Waals surface area contributed by atoms with Crippen LogP contribution in [0.1, 0.15) is 47.0 Å². The Hall–Kier alpha value is -0.320. The lowest BCUT2D eigenvalue weighted by Crippen LogP contribution is -2.42. The van der Waals surface area contributed by atoms with Crippen LogP contribution < -0.4 is 10.6 Å². The van der Waals surface area contributed by atoms with Crippen molar-refractivity contribution < 1.29 is 4.79 Å². The summed E-state index contributed by atoms with van der Waals surface area (Å²) in [5.74, 6) is 0.174. The van der Waals surface area contributed by atoms with Crippen molar-refractivity contribution in [2.75, 3.05) is 19.6 Å². The number of hydrogen-bond acceptors (Lipinski definition) is 3. The highest BCUT2D eigenvalue weighted by Gasteiger charge is 2.21.